The zero-order valence-electron chi connectivity index (χ0n) is 12.9. The summed E-state index contributed by atoms with van der Waals surface area (Å²) in [5.74, 6) is 0.0529. The second kappa shape index (κ2) is 6.21. The van der Waals surface area contributed by atoms with Crippen molar-refractivity contribution in [1.29, 1.82) is 5.26 Å². The van der Waals surface area contributed by atoms with Crippen LogP contribution < -0.4 is 10.5 Å². The largest absolute Gasteiger partial charge is 0.503 e. The van der Waals surface area contributed by atoms with Crippen molar-refractivity contribution in [3.63, 3.8) is 0 Å². The van der Waals surface area contributed by atoms with Gasteiger partial charge in [-0.05, 0) is 40.0 Å². The first-order valence-electron chi connectivity index (χ1n) is 7.38. The predicted octanol–water partition coefficient (Wildman–Crippen LogP) is 2.98. The Morgan fingerprint density at radius 2 is 2.21 bits per heavy atom. The van der Waals surface area contributed by atoms with Gasteiger partial charge >= 0.3 is 0 Å². The minimum atomic E-state index is -0.627. The van der Waals surface area contributed by atoms with Gasteiger partial charge < -0.3 is 20.3 Å². The van der Waals surface area contributed by atoms with Crippen LogP contribution in [0.2, 0.25) is 0 Å². The Labute approximate surface area is 147 Å². The normalized spacial score (nSPS) is 20.4. The van der Waals surface area contributed by atoms with Gasteiger partial charge in [-0.1, -0.05) is 0 Å². The first-order chi connectivity index (χ1) is 11.5. The molecule has 0 bridgehead atoms. The van der Waals surface area contributed by atoms with E-state index in [2.05, 4.69) is 22.0 Å². The van der Waals surface area contributed by atoms with Crippen LogP contribution in [0.25, 0.3) is 0 Å². The molecule has 3 rings (SSSR count). The first kappa shape index (κ1) is 16.4. The molecule has 0 fully saturated rings. The smallest absolute Gasteiger partial charge is 0.205 e. The van der Waals surface area contributed by atoms with Gasteiger partial charge in [0.2, 0.25) is 5.88 Å². The van der Waals surface area contributed by atoms with E-state index in [9.17, 15) is 15.2 Å². The SMILES string of the molecule is COc1cc([C@H]2C(C#N)=C(N)OC3=C2C(=O)CCC3)cc(Br)c1O. The van der Waals surface area contributed by atoms with Crippen LogP contribution in [-0.4, -0.2) is 18.0 Å². The summed E-state index contributed by atoms with van der Waals surface area (Å²) in [5, 5.41) is 19.5. The highest BCUT2D eigenvalue weighted by atomic mass is 79.9. The molecule has 3 N–H and O–H groups in total. The maximum absolute atomic E-state index is 12.5. The van der Waals surface area contributed by atoms with Crippen LogP contribution in [0.1, 0.15) is 30.7 Å². The molecule has 0 saturated carbocycles. The van der Waals surface area contributed by atoms with E-state index in [0.29, 0.717) is 40.6 Å². The summed E-state index contributed by atoms with van der Waals surface area (Å²) >= 11 is 3.27. The third-order valence-electron chi connectivity index (χ3n) is 4.21. The zero-order chi connectivity index (χ0) is 17.4. The summed E-state index contributed by atoms with van der Waals surface area (Å²) in [7, 11) is 1.43. The van der Waals surface area contributed by atoms with Crippen LogP contribution in [0.4, 0.5) is 0 Å². The lowest BCUT2D eigenvalue weighted by atomic mass is 9.77. The average molecular weight is 391 g/mol. The number of benzene rings is 1. The van der Waals surface area contributed by atoms with E-state index in [4.69, 9.17) is 15.2 Å². The Kier molecular flexibility index (Phi) is 4.24. The number of Topliss-reactive ketones (excluding diaryl/α,β-unsaturated/α-hetero) is 1. The summed E-state index contributed by atoms with van der Waals surface area (Å²) in [6, 6.07) is 5.31. The lowest BCUT2D eigenvalue weighted by molar-refractivity contribution is -0.116. The number of carbonyl (C=O) groups is 1. The molecule has 0 spiro atoms. The van der Waals surface area contributed by atoms with E-state index in [1.807, 2.05) is 0 Å². The molecule has 1 aromatic carbocycles. The maximum atomic E-state index is 12.5. The molecule has 1 aliphatic heterocycles. The highest BCUT2D eigenvalue weighted by Crippen LogP contribution is 2.46. The first-order valence-corrected chi connectivity index (χ1v) is 8.17. The summed E-state index contributed by atoms with van der Waals surface area (Å²) in [6.45, 7) is 0. The summed E-state index contributed by atoms with van der Waals surface area (Å²) in [5.41, 5.74) is 7.18. The predicted molar refractivity (Wildman–Crippen MR) is 88.9 cm³/mol. The van der Waals surface area contributed by atoms with Gasteiger partial charge in [0.15, 0.2) is 17.3 Å². The number of hydrogen-bond donors (Lipinski definition) is 2. The number of phenolic OH excluding ortho intramolecular Hbond substituents is 1. The molecule has 0 amide bonds. The van der Waals surface area contributed by atoms with Crippen LogP contribution in [0, 0.1) is 11.3 Å². The number of nitrogens with two attached hydrogens (primary N) is 1. The van der Waals surface area contributed by atoms with Crippen molar-refractivity contribution >= 4 is 21.7 Å². The minimum absolute atomic E-state index is 0.0131. The molecule has 1 heterocycles. The van der Waals surface area contributed by atoms with E-state index in [1.165, 1.54) is 7.11 Å². The molecular formula is C17H15BrN2O4. The van der Waals surface area contributed by atoms with Gasteiger partial charge in [0.1, 0.15) is 17.4 Å². The number of methoxy groups -OCH3 is 1. The molecule has 0 radical (unpaired) electrons. The molecule has 0 aromatic heterocycles. The highest BCUT2D eigenvalue weighted by Gasteiger charge is 2.38. The number of carbonyl (C=O) groups excluding carboxylic acids is 1. The van der Waals surface area contributed by atoms with Gasteiger partial charge in [0.25, 0.3) is 0 Å². The van der Waals surface area contributed by atoms with Gasteiger partial charge in [-0.3, -0.25) is 4.79 Å². The molecule has 124 valence electrons. The highest BCUT2D eigenvalue weighted by molar-refractivity contribution is 9.10. The van der Waals surface area contributed by atoms with E-state index in [1.54, 1.807) is 12.1 Å². The van der Waals surface area contributed by atoms with Crippen LogP contribution in [0.5, 0.6) is 11.5 Å². The maximum Gasteiger partial charge on any atom is 0.205 e. The fourth-order valence-corrected chi connectivity index (χ4v) is 3.57. The summed E-state index contributed by atoms with van der Waals surface area (Å²) in [4.78, 5) is 12.5. The van der Waals surface area contributed by atoms with Crippen molar-refractivity contribution in [1.82, 2.24) is 0 Å². The molecule has 0 saturated heterocycles. The Hall–Kier alpha value is -2.46. The Morgan fingerprint density at radius 1 is 1.46 bits per heavy atom. The van der Waals surface area contributed by atoms with Crippen molar-refractivity contribution in [2.24, 2.45) is 5.73 Å². The number of phenols is 1. The zero-order valence-corrected chi connectivity index (χ0v) is 14.5. The molecule has 2 aliphatic rings. The number of halogens is 1. The molecule has 1 atom stereocenters. The molecule has 7 heteroatoms. The molecule has 0 unspecified atom stereocenters. The minimum Gasteiger partial charge on any atom is -0.503 e. The monoisotopic (exact) mass is 390 g/mol. The van der Waals surface area contributed by atoms with E-state index >= 15 is 0 Å². The summed E-state index contributed by atoms with van der Waals surface area (Å²) < 4.78 is 11.1. The van der Waals surface area contributed by atoms with Gasteiger partial charge in [-0.2, -0.15) is 5.26 Å². The number of allylic oxidation sites excluding steroid dienone is 3. The second-order valence-electron chi connectivity index (χ2n) is 5.59. The second-order valence-corrected chi connectivity index (χ2v) is 6.45. The third kappa shape index (κ3) is 2.53. The van der Waals surface area contributed by atoms with Crippen molar-refractivity contribution in [2.75, 3.05) is 7.11 Å². The number of ether oxygens (including phenoxy) is 2. The van der Waals surface area contributed by atoms with E-state index in [-0.39, 0.29) is 28.7 Å². The standard InChI is InChI=1S/C17H15BrN2O4/c1-23-13-6-8(5-10(18)16(13)22)14-9(7-19)17(20)24-12-4-2-3-11(21)15(12)14/h5-6,14,22H,2-4,20H2,1H3/t14-/m0/s1. The number of rotatable bonds is 2. The van der Waals surface area contributed by atoms with Gasteiger partial charge in [-0.25, -0.2) is 0 Å². The third-order valence-corrected chi connectivity index (χ3v) is 4.81. The van der Waals surface area contributed by atoms with E-state index < -0.39 is 5.92 Å². The average Bonchev–Trinajstić information content (AvgIpc) is 2.56. The van der Waals surface area contributed by atoms with Crippen molar-refractivity contribution in [3.05, 3.63) is 45.0 Å². The topological polar surface area (TPSA) is 106 Å². The van der Waals surface area contributed by atoms with Crippen LogP contribution in [-0.2, 0) is 9.53 Å². The lowest BCUT2D eigenvalue weighted by Crippen LogP contribution is -2.27. The number of hydrogen-bond acceptors (Lipinski definition) is 6. The molecule has 24 heavy (non-hydrogen) atoms. The fraction of sp³-hybridized carbons (Fsp3) is 0.294. The van der Waals surface area contributed by atoms with Crippen LogP contribution >= 0.6 is 15.9 Å². The Bertz CT molecular complexity index is 836. The number of nitrogens with zero attached hydrogens (tertiary/aromatic N) is 1. The van der Waals surface area contributed by atoms with Crippen molar-refractivity contribution in [2.45, 2.75) is 25.2 Å². The number of aromatic hydroxyl groups is 1. The van der Waals surface area contributed by atoms with Crippen LogP contribution in [0.3, 0.4) is 0 Å². The number of ketones is 1. The van der Waals surface area contributed by atoms with Crippen LogP contribution in [0.15, 0.2) is 39.4 Å². The molecule has 6 nitrogen and oxygen atoms in total. The lowest BCUT2D eigenvalue weighted by Gasteiger charge is -2.31. The molecule has 1 aliphatic carbocycles. The van der Waals surface area contributed by atoms with Crippen molar-refractivity contribution < 1.29 is 19.4 Å². The van der Waals surface area contributed by atoms with Gasteiger partial charge in [-0.15, -0.1) is 0 Å². The molecular weight excluding hydrogens is 376 g/mol. The Morgan fingerprint density at radius 3 is 2.88 bits per heavy atom. The van der Waals surface area contributed by atoms with E-state index in [0.717, 1.165) is 0 Å². The summed E-state index contributed by atoms with van der Waals surface area (Å²) in [6.07, 6.45) is 1.71. The molecule has 1 aromatic rings. The quantitative estimate of drug-likeness (QED) is 0.803. The number of nitriles is 1. The van der Waals surface area contributed by atoms with Crippen molar-refractivity contribution in [3.8, 4) is 17.6 Å². The Balaban J connectivity index is 2.23. The fourth-order valence-electron chi connectivity index (χ4n) is 3.11. The van der Waals surface area contributed by atoms with Gasteiger partial charge in [0, 0.05) is 18.4 Å². The van der Waals surface area contributed by atoms with Gasteiger partial charge in [0.05, 0.1) is 17.5 Å².